The first-order valence-electron chi connectivity index (χ1n) is 11.7. The summed E-state index contributed by atoms with van der Waals surface area (Å²) in [5, 5.41) is 52.3. The number of ether oxygens (including phenoxy) is 4. The van der Waals surface area contributed by atoms with Crippen molar-refractivity contribution in [3.63, 3.8) is 0 Å². The average molecular weight is 521 g/mol. The standard InChI is InChI=1S/C26H32O11/c1-12-20(29)13(2)25(37-26-24(33)23(32)22(31)19(36-26)11-35-14(3)27)17(21(12)30)9-10-18(28)15-5-7-16(34-4)8-6-15/h5-8,19,22-24,26,29-33H,9-11H2,1-4H3. The average Bonchev–Trinajstić information content (AvgIpc) is 2.89. The molecule has 5 N–H and O–H groups in total. The van der Waals surface area contributed by atoms with Crippen LogP contribution in [0.2, 0.25) is 0 Å². The van der Waals surface area contributed by atoms with E-state index in [0.29, 0.717) is 11.3 Å². The molecule has 0 aromatic heterocycles. The molecule has 0 radical (unpaired) electrons. The SMILES string of the molecule is COc1ccc(C(=O)CCc2c(O)c(C)c(O)c(C)c2OC2OC(COC(C)=O)C(O)C(O)C2O)cc1. The highest BCUT2D eigenvalue weighted by Crippen LogP contribution is 2.43. The van der Waals surface area contributed by atoms with Crippen molar-refractivity contribution in [3.05, 3.63) is 46.5 Å². The first-order valence-corrected chi connectivity index (χ1v) is 11.7. The van der Waals surface area contributed by atoms with E-state index in [0.717, 1.165) is 6.92 Å². The van der Waals surface area contributed by atoms with Crippen LogP contribution in [-0.4, -0.2) is 81.7 Å². The van der Waals surface area contributed by atoms with Gasteiger partial charge in [0.15, 0.2) is 5.78 Å². The van der Waals surface area contributed by atoms with Gasteiger partial charge < -0.3 is 44.5 Å². The quantitative estimate of drug-likeness (QED) is 0.238. The zero-order valence-corrected chi connectivity index (χ0v) is 21.0. The van der Waals surface area contributed by atoms with Crippen molar-refractivity contribution in [2.75, 3.05) is 13.7 Å². The molecule has 3 rings (SSSR count). The van der Waals surface area contributed by atoms with Gasteiger partial charge in [0.05, 0.1) is 7.11 Å². The predicted octanol–water partition coefficient (Wildman–Crippen LogP) is 1.29. The van der Waals surface area contributed by atoms with E-state index in [1.807, 2.05) is 0 Å². The molecule has 11 heteroatoms. The number of Topliss-reactive ketones (excluding diaryl/α,β-unsaturated/α-hetero) is 1. The number of aromatic hydroxyl groups is 2. The lowest BCUT2D eigenvalue weighted by molar-refractivity contribution is -0.278. The summed E-state index contributed by atoms with van der Waals surface area (Å²) in [7, 11) is 1.52. The number of rotatable bonds is 9. The molecule has 11 nitrogen and oxygen atoms in total. The molecule has 1 heterocycles. The molecule has 2 aromatic carbocycles. The molecule has 0 spiro atoms. The highest BCUT2D eigenvalue weighted by molar-refractivity contribution is 5.96. The third-order valence-corrected chi connectivity index (χ3v) is 6.33. The predicted molar refractivity (Wildman–Crippen MR) is 129 cm³/mol. The van der Waals surface area contributed by atoms with Crippen LogP contribution in [0.25, 0.3) is 0 Å². The second-order valence-corrected chi connectivity index (χ2v) is 8.84. The monoisotopic (exact) mass is 520 g/mol. The fourth-order valence-electron chi connectivity index (χ4n) is 4.08. The zero-order chi connectivity index (χ0) is 27.4. The van der Waals surface area contributed by atoms with Crippen molar-refractivity contribution in [1.29, 1.82) is 0 Å². The number of aliphatic hydroxyl groups is 3. The largest absolute Gasteiger partial charge is 0.507 e. The molecule has 2 aromatic rings. The highest BCUT2D eigenvalue weighted by atomic mass is 16.7. The van der Waals surface area contributed by atoms with Crippen LogP contribution < -0.4 is 9.47 Å². The van der Waals surface area contributed by atoms with Gasteiger partial charge in [0.1, 0.15) is 54.0 Å². The number of aliphatic hydroxyl groups excluding tert-OH is 3. The van der Waals surface area contributed by atoms with Crippen LogP contribution in [0.4, 0.5) is 0 Å². The second kappa shape index (κ2) is 11.8. The van der Waals surface area contributed by atoms with Gasteiger partial charge in [0, 0.05) is 35.6 Å². The molecular formula is C26H32O11. The van der Waals surface area contributed by atoms with Crippen molar-refractivity contribution in [3.8, 4) is 23.0 Å². The fourth-order valence-corrected chi connectivity index (χ4v) is 4.08. The Kier molecular flexibility index (Phi) is 8.98. The summed E-state index contributed by atoms with van der Waals surface area (Å²) in [5.41, 5.74) is 0.995. The van der Waals surface area contributed by atoms with Gasteiger partial charge in [-0.1, -0.05) is 0 Å². The molecule has 0 saturated carbocycles. The summed E-state index contributed by atoms with van der Waals surface area (Å²) in [6, 6.07) is 6.55. The van der Waals surface area contributed by atoms with E-state index in [-0.39, 0.29) is 52.6 Å². The third kappa shape index (κ3) is 6.13. The summed E-state index contributed by atoms with van der Waals surface area (Å²) >= 11 is 0. The van der Waals surface area contributed by atoms with Gasteiger partial charge in [-0.25, -0.2) is 0 Å². The van der Waals surface area contributed by atoms with E-state index < -0.39 is 43.3 Å². The summed E-state index contributed by atoms with van der Waals surface area (Å²) in [6.07, 6.45) is -7.79. The van der Waals surface area contributed by atoms with Crippen LogP contribution in [-0.2, 0) is 20.7 Å². The van der Waals surface area contributed by atoms with E-state index in [1.54, 1.807) is 24.3 Å². The Hall–Kier alpha value is -3.38. The van der Waals surface area contributed by atoms with Gasteiger partial charge in [0.25, 0.3) is 0 Å². The van der Waals surface area contributed by atoms with E-state index in [9.17, 15) is 35.1 Å². The number of carbonyl (C=O) groups excluding carboxylic acids is 2. The van der Waals surface area contributed by atoms with Crippen LogP contribution in [0.3, 0.4) is 0 Å². The molecule has 1 aliphatic rings. The maximum Gasteiger partial charge on any atom is 0.302 e. The number of hydrogen-bond donors (Lipinski definition) is 5. The van der Waals surface area contributed by atoms with Gasteiger partial charge in [-0.3, -0.25) is 9.59 Å². The minimum Gasteiger partial charge on any atom is -0.507 e. The first-order chi connectivity index (χ1) is 17.5. The Morgan fingerprint density at radius 3 is 2.19 bits per heavy atom. The maximum absolute atomic E-state index is 12.8. The fraction of sp³-hybridized carbons (Fsp3) is 0.462. The molecule has 1 saturated heterocycles. The van der Waals surface area contributed by atoms with Crippen LogP contribution in [0, 0.1) is 13.8 Å². The molecule has 37 heavy (non-hydrogen) atoms. The molecule has 202 valence electrons. The summed E-state index contributed by atoms with van der Waals surface area (Å²) in [4.78, 5) is 24.0. The molecule has 5 unspecified atom stereocenters. The molecule has 1 fully saturated rings. The topological polar surface area (TPSA) is 172 Å². The Morgan fingerprint density at radius 1 is 0.946 bits per heavy atom. The van der Waals surface area contributed by atoms with Crippen molar-refractivity contribution in [1.82, 2.24) is 0 Å². The number of carbonyl (C=O) groups is 2. The molecule has 5 atom stereocenters. The van der Waals surface area contributed by atoms with Crippen molar-refractivity contribution in [2.24, 2.45) is 0 Å². The van der Waals surface area contributed by atoms with Crippen LogP contribution >= 0.6 is 0 Å². The lowest BCUT2D eigenvalue weighted by atomic mass is 9.96. The molecule has 0 bridgehead atoms. The summed E-state index contributed by atoms with van der Waals surface area (Å²) < 4.78 is 21.4. The van der Waals surface area contributed by atoms with Crippen LogP contribution in [0.5, 0.6) is 23.0 Å². The maximum atomic E-state index is 12.8. The first kappa shape index (κ1) is 28.2. The Labute approximate surface area is 213 Å². The smallest absolute Gasteiger partial charge is 0.302 e. The van der Waals surface area contributed by atoms with Gasteiger partial charge in [-0.2, -0.15) is 0 Å². The second-order valence-electron chi connectivity index (χ2n) is 8.84. The molecule has 0 aliphatic carbocycles. The minimum atomic E-state index is -1.72. The lowest BCUT2D eigenvalue weighted by Gasteiger charge is -2.40. The van der Waals surface area contributed by atoms with Crippen LogP contribution in [0.1, 0.15) is 40.4 Å². The number of phenols is 2. The minimum absolute atomic E-state index is 0.0128. The van der Waals surface area contributed by atoms with Gasteiger partial charge in [-0.15, -0.1) is 0 Å². The highest BCUT2D eigenvalue weighted by Gasteiger charge is 2.46. The van der Waals surface area contributed by atoms with Crippen molar-refractivity contribution < 1.29 is 54.1 Å². The summed E-state index contributed by atoms with van der Waals surface area (Å²) in [5.74, 6) is -0.877. The van der Waals surface area contributed by atoms with E-state index >= 15 is 0 Å². The van der Waals surface area contributed by atoms with Gasteiger partial charge in [-0.05, 0) is 44.5 Å². The number of benzene rings is 2. The lowest BCUT2D eigenvalue weighted by Crippen LogP contribution is -2.60. The Bertz CT molecular complexity index is 1130. The molecule has 0 amide bonds. The van der Waals surface area contributed by atoms with Gasteiger partial charge in [0.2, 0.25) is 6.29 Å². The number of esters is 1. The molecular weight excluding hydrogens is 488 g/mol. The molecule has 1 aliphatic heterocycles. The number of methoxy groups -OCH3 is 1. The zero-order valence-electron chi connectivity index (χ0n) is 21.0. The summed E-state index contributed by atoms with van der Waals surface area (Å²) in [6.45, 7) is 3.77. The third-order valence-electron chi connectivity index (χ3n) is 6.33. The number of ketones is 1. The van der Waals surface area contributed by atoms with Crippen molar-refractivity contribution >= 4 is 11.8 Å². The van der Waals surface area contributed by atoms with E-state index in [1.165, 1.54) is 21.0 Å². The van der Waals surface area contributed by atoms with Gasteiger partial charge >= 0.3 is 5.97 Å². The van der Waals surface area contributed by atoms with Crippen LogP contribution in [0.15, 0.2) is 24.3 Å². The normalized spacial score (nSPS) is 23.4. The van der Waals surface area contributed by atoms with E-state index in [2.05, 4.69) is 0 Å². The van der Waals surface area contributed by atoms with E-state index in [4.69, 9.17) is 18.9 Å². The Balaban J connectivity index is 1.88. The Morgan fingerprint density at radius 2 is 1.59 bits per heavy atom. The number of hydrogen-bond acceptors (Lipinski definition) is 11. The number of phenolic OH excluding ortho intramolecular Hbond substituents is 2. The van der Waals surface area contributed by atoms with Crippen molar-refractivity contribution in [2.45, 2.75) is 64.3 Å².